The van der Waals surface area contributed by atoms with E-state index in [2.05, 4.69) is 65.4 Å². The summed E-state index contributed by atoms with van der Waals surface area (Å²) in [5.41, 5.74) is 3.30. The zero-order chi connectivity index (χ0) is 33.4. The summed E-state index contributed by atoms with van der Waals surface area (Å²) in [4.78, 5) is 13.5. The standard InChI is InChI=1S/C40H61ClFN5/c1-6-10-29(2)32(5)30(3)25-43-38-13-9-18-40(38)19-22-47(28-40)31(4)23-35-15-14-34(24-37(35)42)12-8-7-11-33-16-20-46(21-17-33)39-44-26-36(41)27-45-39/h14-15,24,26-27,29-30,32-33,38,43H,4,6-13,16-23,25,28H2,1-3,5H3. The predicted octanol–water partition coefficient (Wildman–Crippen LogP) is 9.50. The third kappa shape index (κ3) is 9.50. The number of likely N-dealkylation sites (tertiary alicyclic amines) is 1. The molecule has 2 aromatic rings. The van der Waals surface area contributed by atoms with Crippen LogP contribution in [0.4, 0.5) is 10.3 Å². The maximum atomic E-state index is 15.3. The van der Waals surface area contributed by atoms with Crippen LogP contribution in [-0.4, -0.2) is 53.6 Å². The van der Waals surface area contributed by atoms with Crippen LogP contribution < -0.4 is 10.2 Å². The van der Waals surface area contributed by atoms with Crippen LogP contribution in [0.25, 0.3) is 0 Å². The van der Waals surface area contributed by atoms with Crippen molar-refractivity contribution in [1.29, 1.82) is 0 Å². The summed E-state index contributed by atoms with van der Waals surface area (Å²) in [5.74, 6) is 3.67. The van der Waals surface area contributed by atoms with E-state index in [1.165, 1.54) is 64.2 Å². The van der Waals surface area contributed by atoms with Crippen LogP contribution in [0, 0.1) is 34.9 Å². The molecule has 0 bridgehead atoms. The number of halogens is 2. The number of aryl methyl sites for hydroxylation is 1. The largest absolute Gasteiger partial charge is 0.374 e. The Morgan fingerprint density at radius 1 is 1.06 bits per heavy atom. The highest BCUT2D eigenvalue weighted by molar-refractivity contribution is 6.30. The Kier molecular flexibility index (Phi) is 13.0. The molecule has 2 saturated heterocycles. The van der Waals surface area contributed by atoms with Gasteiger partial charge in [-0.25, -0.2) is 14.4 Å². The quantitative estimate of drug-likeness (QED) is 0.181. The van der Waals surface area contributed by atoms with Crippen molar-refractivity contribution in [2.45, 2.75) is 117 Å². The lowest BCUT2D eigenvalue weighted by atomic mass is 9.80. The number of piperidine rings is 1. The van der Waals surface area contributed by atoms with Crippen molar-refractivity contribution in [3.05, 3.63) is 64.8 Å². The van der Waals surface area contributed by atoms with Crippen LogP contribution in [0.3, 0.4) is 0 Å². The van der Waals surface area contributed by atoms with Crippen molar-refractivity contribution in [2.24, 2.45) is 29.1 Å². The molecule has 5 nitrogen and oxygen atoms in total. The molecule has 1 N–H and O–H groups in total. The number of unbranched alkanes of at least 4 members (excludes halogenated alkanes) is 1. The molecule has 1 aliphatic carbocycles. The van der Waals surface area contributed by atoms with E-state index < -0.39 is 0 Å². The Morgan fingerprint density at radius 3 is 2.55 bits per heavy atom. The number of anilines is 1. The van der Waals surface area contributed by atoms with Crippen molar-refractivity contribution in [3.63, 3.8) is 0 Å². The number of rotatable bonds is 16. The molecule has 1 aromatic carbocycles. The molecule has 5 unspecified atom stereocenters. The topological polar surface area (TPSA) is 44.3 Å². The molecule has 3 fully saturated rings. The van der Waals surface area contributed by atoms with Gasteiger partial charge in [0, 0.05) is 49.8 Å². The third-order valence-electron chi connectivity index (χ3n) is 12.3. The molecule has 0 amide bonds. The number of hydrogen-bond acceptors (Lipinski definition) is 5. The summed E-state index contributed by atoms with van der Waals surface area (Å²) < 4.78 is 15.3. The van der Waals surface area contributed by atoms with E-state index >= 15 is 4.39 Å². The lowest BCUT2D eigenvalue weighted by molar-refractivity contribution is 0.200. The number of hydrogen-bond donors (Lipinski definition) is 1. The van der Waals surface area contributed by atoms with E-state index in [0.29, 0.717) is 28.8 Å². The molecule has 47 heavy (non-hydrogen) atoms. The van der Waals surface area contributed by atoms with Gasteiger partial charge in [0.15, 0.2) is 0 Å². The fraction of sp³-hybridized carbons (Fsp3) is 0.700. The highest BCUT2D eigenvalue weighted by Gasteiger charge is 2.47. The molecule has 5 rings (SSSR count). The number of aromatic nitrogens is 2. The molecule has 5 atom stereocenters. The number of nitrogens with zero attached hydrogens (tertiary/aromatic N) is 4. The summed E-state index contributed by atoms with van der Waals surface area (Å²) in [5, 5.41) is 4.61. The van der Waals surface area contributed by atoms with Gasteiger partial charge in [0.25, 0.3) is 0 Å². The average Bonchev–Trinajstić information content (AvgIpc) is 3.69. The second kappa shape index (κ2) is 17.0. The molecule has 0 radical (unpaired) electrons. The summed E-state index contributed by atoms with van der Waals surface area (Å²) >= 11 is 5.93. The first-order valence-corrected chi connectivity index (χ1v) is 19.2. The van der Waals surface area contributed by atoms with Crippen LogP contribution >= 0.6 is 11.6 Å². The average molecular weight is 666 g/mol. The van der Waals surface area contributed by atoms with Gasteiger partial charge in [-0.1, -0.05) is 90.1 Å². The molecule has 1 aromatic heterocycles. The summed E-state index contributed by atoms with van der Waals surface area (Å²) in [6, 6.07) is 6.52. The summed E-state index contributed by atoms with van der Waals surface area (Å²) in [6.07, 6.45) is 18.5. The fourth-order valence-corrected chi connectivity index (χ4v) is 8.88. The van der Waals surface area contributed by atoms with Gasteiger partial charge in [0.2, 0.25) is 5.95 Å². The molecule has 1 saturated carbocycles. The normalized spacial score (nSPS) is 23.8. The summed E-state index contributed by atoms with van der Waals surface area (Å²) in [6.45, 7) is 19.3. The SMILES string of the molecule is C=C(Cc1ccc(CCCCC2CCN(c3ncc(Cl)cn3)CC2)cc1F)N1CCC2(CCCC2NCC(C)C(C)C(C)CCC)C1. The Morgan fingerprint density at radius 2 is 1.83 bits per heavy atom. The second-order valence-electron chi connectivity index (χ2n) is 15.5. The van der Waals surface area contributed by atoms with Gasteiger partial charge in [-0.05, 0) is 92.4 Å². The van der Waals surface area contributed by atoms with Gasteiger partial charge in [0.05, 0.1) is 17.4 Å². The molecule has 3 aliphatic rings. The van der Waals surface area contributed by atoms with E-state index in [9.17, 15) is 0 Å². The zero-order valence-electron chi connectivity index (χ0n) is 29.8. The Labute approximate surface area is 290 Å². The molecular formula is C40H61ClFN5. The summed E-state index contributed by atoms with van der Waals surface area (Å²) in [7, 11) is 0. The van der Waals surface area contributed by atoms with Crippen LogP contribution in [0.15, 0.2) is 42.9 Å². The molecule has 7 heteroatoms. The highest BCUT2D eigenvalue weighted by Crippen LogP contribution is 2.46. The van der Waals surface area contributed by atoms with Crippen LogP contribution in [0.1, 0.15) is 109 Å². The zero-order valence-corrected chi connectivity index (χ0v) is 30.5. The number of nitrogens with one attached hydrogen (secondary N) is 1. The number of allylic oxidation sites excluding steroid dienone is 1. The second-order valence-corrected chi connectivity index (χ2v) is 16.0. The number of benzene rings is 1. The maximum absolute atomic E-state index is 15.3. The highest BCUT2D eigenvalue weighted by atomic mass is 35.5. The van der Waals surface area contributed by atoms with Crippen molar-refractivity contribution in [3.8, 4) is 0 Å². The lowest BCUT2D eigenvalue weighted by Gasteiger charge is -2.35. The van der Waals surface area contributed by atoms with Gasteiger partial charge < -0.3 is 15.1 Å². The van der Waals surface area contributed by atoms with Crippen LogP contribution in [0.2, 0.25) is 5.02 Å². The van der Waals surface area contributed by atoms with Crippen molar-refractivity contribution >= 4 is 17.5 Å². The van der Waals surface area contributed by atoms with Gasteiger partial charge in [-0.3, -0.25) is 0 Å². The minimum absolute atomic E-state index is 0.0739. The predicted molar refractivity (Wildman–Crippen MR) is 195 cm³/mol. The lowest BCUT2D eigenvalue weighted by Crippen LogP contribution is -2.45. The first-order valence-electron chi connectivity index (χ1n) is 18.8. The van der Waals surface area contributed by atoms with E-state index in [1.54, 1.807) is 18.5 Å². The van der Waals surface area contributed by atoms with Crippen molar-refractivity contribution in [1.82, 2.24) is 20.2 Å². The van der Waals surface area contributed by atoms with Crippen molar-refractivity contribution in [2.75, 3.05) is 37.6 Å². The molecular weight excluding hydrogens is 605 g/mol. The Bertz CT molecular complexity index is 1280. The maximum Gasteiger partial charge on any atom is 0.225 e. The molecule has 260 valence electrons. The Balaban J connectivity index is 1.02. The van der Waals surface area contributed by atoms with E-state index in [1.807, 2.05) is 6.07 Å². The monoisotopic (exact) mass is 665 g/mol. The van der Waals surface area contributed by atoms with Gasteiger partial charge in [0.1, 0.15) is 5.82 Å². The van der Waals surface area contributed by atoms with Crippen LogP contribution in [-0.2, 0) is 12.8 Å². The van der Waals surface area contributed by atoms with Gasteiger partial charge in [-0.15, -0.1) is 0 Å². The Hall–Kier alpha value is -2.18. The van der Waals surface area contributed by atoms with E-state index in [0.717, 1.165) is 86.1 Å². The first-order chi connectivity index (χ1) is 22.7. The van der Waals surface area contributed by atoms with Crippen LogP contribution in [0.5, 0.6) is 0 Å². The van der Waals surface area contributed by atoms with E-state index in [4.69, 9.17) is 11.6 Å². The third-order valence-corrected chi connectivity index (χ3v) is 12.5. The molecule has 3 heterocycles. The minimum Gasteiger partial charge on any atom is -0.374 e. The molecule has 1 spiro atoms. The molecule has 2 aliphatic heterocycles. The fourth-order valence-electron chi connectivity index (χ4n) is 8.78. The smallest absolute Gasteiger partial charge is 0.225 e. The first kappa shape index (κ1) is 36.1. The van der Waals surface area contributed by atoms with Crippen molar-refractivity contribution < 1.29 is 4.39 Å². The van der Waals surface area contributed by atoms with E-state index in [-0.39, 0.29) is 5.82 Å². The van der Waals surface area contributed by atoms with Gasteiger partial charge >= 0.3 is 0 Å². The minimum atomic E-state index is -0.0739. The van der Waals surface area contributed by atoms with Gasteiger partial charge in [-0.2, -0.15) is 0 Å².